The Bertz CT molecular complexity index is 1350. The van der Waals surface area contributed by atoms with Crippen molar-refractivity contribution in [2.45, 2.75) is 300 Å². The van der Waals surface area contributed by atoms with Gasteiger partial charge in [-0.3, -0.25) is 9.59 Å². The number of unbranched alkanes of at least 4 members (excludes halogenated alkanes) is 28. The predicted octanol–water partition coefficient (Wildman–Crippen LogP) is 9.50. The van der Waals surface area contributed by atoms with Crippen LogP contribution in [0.3, 0.4) is 0 Å². The van der Waals surface area contributed by atoms with E-state index in [1.165, 1.54) is 141 Å². The fraction of sp³-hybridized carbons (Fsp3) is 0.895. The van der Waals surface area contributed by atoms with Crippen molar-refractivity contribution < 1.29 is 73.8 Å². The molecular weight excluding hydrogens is 925 g/mol. The Kier molecular flexibility index (Phi) is 40.5. The van der Waals surface area contributed by atoms with E-state index in [-0.39, 0.29) is 26.1 Å². The first-order valence-corrected chi connectivity index (χ1v) is 28.9. The van der Waals surface area contributed by atoms with E-state index in [4.69, 9.17) is 28.4 Å². The van der Waals surface area contributed by atoms with Crippen LogP contribution in [-0.4, -0.2) is 142 Å². The lowest BCUT2D eigenvalue weighted by Gasteiger charge is -2.42. The van der Waals surface area contributed by atoms with E-state index < -0.39 is 92.7 Å². The molecule has 0 bridgehead atoms. The summed E-state index contributed by atoms with van der Waals surface area (Å²) in [5.74, 6) is -0.923. The van der Waals surface area contributed by atoms with Crippen LogP contribution in [0.25, 0.3) is 0 Å². The molecule has 0 aromatic carbocycles. The maximum absolute atomic E-state index is 13.1. The van der Waals surface area contributed by atoms with E-state index in [1.54, 1.807) is 0 Å². The molecule has 0 amide bonds. The van der Waals surface area contributed by atoms with E-state index in [0.717, 1.165) is 51.4 Å². The van der Waals surface area contributed by atoms with Gasteiger partial charge in [0.15, 0.2) is 18.7 Å². The second-order valence-electron chi connectivity index (χ2n) is 20.5. The molecule has 72 heavy (non-hydrogen) atoms. The maximum atomic E-state index is 13.1. The molecule has 422 valence electrons. The van der Waals surface area contributed by atoms with Crippen LogP contribution >= 0.6 is 0 Å². The summed E-state index contributed by atoms with van der Waals surface area (Å²) in [5.41, 5.74) is 0. The molecule has 2 rings (SSSR count). The lowest BCUT2D eigenvalue weighted by Crippen LogP contribution is -2.61. The quantitative estimate of drug-likeness (QED) is 0.0171. The molecule has 0 aromatic heterocycles. The zero-order valence-electron chi connectivity index (χ0n) is 44.9. The van der Waals surface area contributed by atoms with Gasteiger partial charge < -0.3 is 64.2 Å². The van der Waals surface area contributed by atoms with Gasteiger partial charge in [-0.2, -0.15) is 0 Å². The van der Waals surface area contributed by atoms with Crippen LogP contribution in [-0.2, 0) is 38.0 Å². The van der Waals surface area contributed by atoms with Crippen LogP contribution in [0.15, 0.2) is 24.3 Å². The molecule has 0 aliphatic carbocycles. The Morgan fingerprint density at radius 2 is 0.792 bits per heavy atom. The van der Waals surface area contributed by atoms with Crippen molar-refractivity contribution in [3.05, 3.63) is 24.3 Å². The smallest absolute Gasteiger partial charge is 0.306 e. The number of allylic oxidation sites excluding steroid dienone is 4. The minimum absolute atomic E-state index is 0.162. The SMILES string of the molecule is CCCCCCCC/C=C/CCCCCCCCCCCC(=O)OC[C@@H](CO[C@@H]1O[C@H](CO[C@@H]2O[C@H](CO)[C@H](O)C(O)C2O)[C@H](O)C(O)C1O)OC(=O)CCCCCCCCC/C=C/CCCCCCCC. The van der Waals surface area contributed by atoms with Crippen molar-refractivity contribution >= 4 is 11.9 Å². The van der Waals surface area contributed by atoms with Gasteiger partial charge in [0.1, 0.15) is 55.4 Å². The van der Waals surface area contributed by atoms with E-state index in [0.29, 0.717) is 12.8 Å². The highest BCUT2D eigenvalue weighted by molar-refractivity contribution is 5.70. The van der Waals surface area contributed by atoms with Crippen LogP contribution in [0.1, 0.15) is 232 Å². The monoisotopic (exact) mass is 1030 g/mol. The van der Waals surface area contributed by atoms with Gasteiger partial charge in [0.25, 0.3) is 0 Å². The van der Waals surface area contributed by atoms with E-state index in [9.17, 15) is 45.3 Å². The Morgan fingerprint density at radius 3 is 1.22 bits per heavy atom. The average Bonchev–Trinajstić information content (AvgIpc) is 3.37. The largest absolute Gasteiger partial charge is 0.462 e. The molecule has 15 heteroatoms. The second-order valence-corrected chi connectivity index (χ2v) is 20.5. The first kappa shape index (κ1) is 66.1. The van der Waals surface area contributed by atoms with Crippen LogP contribution in [0.4, 0.5) is 0 Å². The highest BCUT2D eigenvalue weighted by Gasteiger charge is 2.47. The first-order valence-electron chi connectivity index (χ1n) is 28.9. The number of hydrogen-bond acceptors (Lipinski definition) is 15. The van der Waals surface area contributed by atoms with Crippen molar-refractivity contribution in [1.29, 1.82) is 0 Å². The number of aliphatic hydroxyl groups is 7. The maximum Gasteiger partial charge on any atom is 0.306 e. The lowest BCUT2D eigenvalue weighted by molar-refractivity contribution is -0.332. The van der Waals surface area contributed by atoms with Gasteiger partial charge in [-0.15, -0.1) is 0 Å². The highest BCUT2D eigenvalue weighted by Crippen LogP contribution is 2.27. The fourth-order valence-corrected chi connectivity index (χ4v) is 9.15. The normalized spacial score (nSPS) is 25.1. The number of carbonyl (C=O) groups is 2. The van der Waals surface area contributed by atoms with Crippen LogP contribution in [0.5, 0.6) is 0 Å². The molecule has 2 saturated heterocycles. The van der Waals surface area contributed by atoms with Crippen LogP contribution in [0, 0.1) is 0 Å². The summed E-state index contributed by atoms with van der Waals surface area (Å²) in [6, 6.07) is 0. The molecule has 0 radical (unpaired) electrons. The highest BCUT2D eigenvalue weighted by atomic mass is 16.7. The first-order chi connectivity index (χ1) is 35.0. The van der Waals surface area contributed by atoms with Crippen molar-refractivity contribution in [1.82, 2.24) is 0 Å². The molecule has 0 aromatic rings. The summed E-state index contributed by atoms with van der Waals surface area (Å²) in [7, 11) is 0. The molecule has 15 nitrogen and oxygen atoms in total. The summed E-state index contributed by atoms with van der Waals surface area (Å²) in [6.45, 7) is 2.61. The Hall–Kier alpha value is -2.02. The summed E-state index contributed by atoms with van der Waals surface area (Å²) < 4.78 is 33.7. The number of ether oxygens (including phenoxy) is 6. The molecule has 2 heterocycles. The number of hydrogen-bond donors (Lipinski definition) is 7. The van der Waals surface area contributed by atoms with Gasteiger partial charge in [0.05, 0.1) is 19.8 Å². The van der Waals surface area contributed by atoms with Gasteiger partial charge in [-0.05, 0) is 64.2 Å². The summed E-state index contributed by atoms with van der Waals surface area (Å²) in [4.78, 5) is 25.9. The van der Waals surface area contributed by atoms with E-state index >= 15 is 0 Å². The number of aliphatic hydroxyl groups excluding tert-OH is 7. The predicted molar refractivity (Wildman–Crippen MR) is 280 cm³/mol. The standard InChI is InChI=1S/C57H104O15/c1-3-5-7-9-11-13-15-17-19-21-22-24-25-27-29-31-33-35-37-39-48(59)67-42-45(70-49(60)40-38-36-34-32-30-28-26-23-20-18-16-14-12-10-8-6-4-2)43-68-56-55(66)53(64)51(62)47(72-56)44-69-57-54(65)52(63)50(61)46(41-58)71-57/h17-20,45-47,50-58,61-66H,3-16,21-44H2,1-2H3/b19-17+,20-18+/t45-,46+,47+,50-,51-,52?,53?,54?,55?,56+,57+/m0/s1. The fourth-order valence-electron chi connectivity index (χ4n) is 9.15. The molecule has 2 fully saturated rings. The minimum atomic E-state index is -1.76. The number of carbonyl (C=O) groups excluding carboxylic acids is 2. The molecule has 2 aliphatic heterocycles. The van der Waals surface area contributed by atoms with Crippen molar-refractivity contribution in [2.75, 3.05) is 26.4 Å². The zero-order valence-corrected chi connectivity index (χ0v) is 44.9. The Labute approximate surface area is 434 Å². The minimum Gasteiger partial charge on any atom is -0.462 e. The van der Waals surface area contributed by atoms with Crippen molar-refractivity contribution in [2.24, 2.45) is 0 Å². The zero-order chi connectivity index (χ0) is 52.4. The third-order valence-corrected chi connectivity index (χ3v) is 13.9. The molecule has 0 saturated carbocycles. The molecule has 4 unspecified atom stereocenters. The van der Waals surface area contributed by atoms with E-state index in [2.05, 4.69) is 38.2 Å². The van der Waals surface area contributed by atoms with Crippen LogP contribution < -0.4 is 0 Å². The van der Waals surface area contributed by atoms with Gasteiger partial charge in [0.2, 0.25) is 0 Å². The summed E-state index contributed by atoms with van der Waals surface area (Å²) in [6.07, 6.45) is 30.5. The molecule has 2 aliphatic rings. The Morgan fingerprint density at radius 1 is 0.431 bits per heavy atom. The topological polar surface area (TPSA) is 231 Å². The number of rotatable bonds is 46. The molecule has 7 N–H and O–H groups in total. The molecular formula is C57H104O15. The third-order valence-electron chi connectivity index (χ3n) is 13.9. The van der Waals surface area contributed by atoms with Crippen molar-refractivity contribution in [3.8, 4) is 0 Å². The van der Waals surface area contributed by atoms with Crippen molar-refractivity contribution in [3.63, 3.8) is 0 Å². The van der Waals surface area contributed by atoms with Gasteiger partial charge in [-0.1, -0.05) is 179 Å². The van der Waals surface area contributed by atoms with Gasteiger partial charge in [0, 0.05) is 12.8 Å². The van der Waals surface area contributed by atoms with E-state index in [1.807, 2.05) is 0 Å². The lowest BCUT2D eigenvalue weighted by atomic mass is 9.98. The van der Waals surface area contributed by atoms with Gasteiger partial charge in [-0.25, -0.2) is 0 Å². The Balaban J connectivity index is 1.76. The second kappa shape index (κ2) is 44.1. The summed E-state index contributed by atoms with van der Waals surface area (Å²) in [5, 5.41) is 72.2. The number of esters is 2. The third kappa shape index (κ3) is 31.1. The van der Waals surface area contributed by atoms with Crippen LogP contribution in [0.2, 0.25) is 0 Å². The average molecular weight is 1030 g/mol. The summed E-state index contributed by atoms with van der Waals surface area (Å²) >= 11 is 0. The molecule has 0 spiro atoms. The van der Waals surface area contributed by atoms with Gasteiger partial charge >= 0.3 is 11.9 Å². The molecule has 11 atom stereocenters.